The number of epoxide rings is 1. The quantitative estimate of drug-likeness (QED) is 0.138. The van der Waals surface area contributed by atoms with Crippen LogP contribution >= 0.6 is 23.4 Å². The molecule has 3 fully saturated rings. The molecule has 62 heavy (non-hydrogen) atoms. The summed E-state index contributed by atoms with van der Waals surface area (Å²) in [5.41, 5.74) is 1.09. The van der Waals surface area contributed by atoms with Crippen molar-refractivity contribution in [3.8, 4) is 5.75 Å². The molecule has 17 heteroatoms. The number of ether oxygens (including phenoxy) is 5. The van der Waals surface area contributed by atoms with Gasteiger partial charge in [0.1, 0.15) is 41.4 Å². The van der Waals surface area contributed by atoms with Gasteiger partial charge in [-0.05, 0) is 56.7 Å². The average molecular weight is 904 g/mol. The van der Waals surface area contributed by atoms with Gasteiger partial charge in [0.2, 0.25) is 17.7 Å². The zero-order valence-corrected chi connectivity index (χ0v) is 38.6. The number of thioether (sulfide) groups is 1. The van der Waals surface area contributed by atoms with Crippen molar-refractivity contribution in [2.45, 2.75) is 126 Å². The van der Waals surface area contributed by atoms with Crippen LogP contribution in [0.2, 0.25) is 5.02 Å². The second-order valence-electron chi connectivity index (χ2n) is 17.1. The predicted molar refractivity (Wildman–Crippen MR) is 236 cm³/mol. The van der Waals surface area contributed by atoms with E-state index in [4.69, 9.17) is 35.3 Å². The Balaban J connectivity index is 1.29. The molecule has 1 aromatic rings. The van der Waals surface area contributed by atoms with Gasteiger partial charge in [0.05, 0.1) is 42.7 Å². The van der Waals surface area contributed by atoms with Gasteiger partial charge in [0.25, 0.3) is 0 Å². The third-order valence-electron chi connectivity index (χ3n) is 12.3. The molecular weight excluding hydrogens is 840 g/mol. The molecule has 1 saturated carbocycles. The van der Waals surface area contributed by atoms with Crippen molar-refractivity contribution in [1.82, 2.24) is 15.1 Å². The summed E-state index contributed by atoms with van der Waals surface area (Å²) in [6.45, 7) is 3.95. The van der Waals surface area contributed by atoms with Crippen LogP contribution in [-0.2, 0) is 49.3 Å². The Kier molecular flexibility index (Phi) is 17.7. The van der Waals surface area contributed by atoms with Gasteiger partial charge in [-0.3, -0.25) is 19.2 Å². The molecule has 3 aliphatic heterocycles. The molecule has 2 saturated heterocycles. The largest absolute Gasteiger partial charge is 0.495 e. The molecule has 4 unspecified atom stereocenters. The molecule has 5 rings (SSSR count). The van der Waals surface area contributed by atoms with Crippen LogP contribution in [0.1, 0.15) is 83.6 Å². The van der Waals surface area contributed by atoms with Gasteiger partial charge in [-0.25, -0.2) is 4.79 Å². The number of fused-ring (bicyclic) bond motifs is 5. The Hall–Kier alpha value is -4.12. The number of anilines is 1. The molecule has 7 atom stereocenters. The minimum absolute atomic E-state index is 0.0211. The van der Waals surface area contributed by atoms with E-state index in [1.54, 1.807) is 33.0 Å². The maximum absolute atomic E-state index is 14.1. The van der Waals surface area contributed by atoms with E-state index >= 15 is 0 Å². The summed E-state index contributed by atoms with van der Waals surface area (Å²) in [6.07, 6.45) is 9.86. The average Bonchev–Trinajstić information content (AvgIpc) is 3.90. The van der Waals surface area contributed by atoms with E-state index in [1.165, 1.54) is 42.1 Å². The van der Waals surface area contributed by atoms with E-state index in [0.717, 1.165) is 43.1 Å². The topological polar surface area (TPSA) is 174 Å². The molecule has 1 N–H and O–H groups in total. The first-order valence-corrected chi connectivity index (χ1v) is 22.9. The summed E-state index contributed by atoms with van der Waals surface area (Å²) in [7, 11) is 7.90. The Morgan fingerprint density at radius 3 is 2.55 bits per heavy atom. The highest BCUT2D eigenvalue weighted by Gasteiger charge is 2.61. The zero-order valence-electron chi connectivity index (χ0n) is 37.0. The van der Waals surface area contributed by atoms with Crippen molar-refractivity contribution in [1.29, 1.82) is 0 Å². The number of halogens is 1. The Labute approximate surface area is 374 Å². The van der Waals surface area contributed by atoms with Crippen molar-refractivity contribution in [2.75, 3.05) is 59.1 Å². The first-order valence-electron chi connectivity index (χ1n) is 21.4. The van der Waals surface area contributed by atoms with Gasteiger partial charge < -0.3 is 48.5 Å². The van der Waals surface area contributed by atoms with E-state index in [-0.39, 0.29) is 48.3 Å². The predicted octanol–water partition coefficient (Wildman–Crippen LogP) is 5.68. The summed E-state index contributed by atoms with van der Waals surface area (Å²) in [6, 6.07) is 3.23. The number of esters is 1. The fourth-order valence-electron chi connectivity index (χ4n) is 8.55. The number of rotatable bonds is 14. The molecule has 3 heterocycles. The first-order chi connectivity index (χ1) is 29.6. The number of hydrogen-bond donors (Lipinski definition) is 1. The highest BCUT2D eigenvalue weighted by molar-refractivity contribution is 8.00. The number of nitrogens with zero attached hydrogens (tertiary/aromatic N) is 3. The van der Waals surface area contributed by atoms with Crippen LogP contribution in [-0.4, -0.2) is 141 Å². The fraction of sp³-hybridized carbons (Fsp3) is 0.644. The molecule has 4 aliphatic rings. The van der Waals surface area contributed by atoms with Gasteiger partial charge >= 0.3 is 12.1 Å². The molecule has 4 amide bonds. The number of benzene rings is 1. The molecule has 0 spiro atoms. The fourth-order valence-corrected chi connectivity index (χ4v) is 9.98. The maximum Gasteiger partial charge on any atom is 0.407 e. The van der Waals surface area contributed by atoms with Gasteiger partial charge in [-0.2, -0.15) is 0 Å². The van der Waals surface area contributed by atoms with Gasteiger partial charge in [0, 0.05) is 66.2 Å². The lowest BCUT2D eigenvalue weighted by atomic mass is 9.89. The molecule has 1 aliphatic carbocycles. The maximum atomic E-state index is 14.1. The number of aldehydes is 1. The van der Waals surface area contributed by atoms with Crippen LogP contribution in [0.15, 0.2) is 35.9 Å². The Morgan fingerprint density at radius 2 is 1.85 bits per heavy atom. The molecule has 4 bridgehead atoms. The lowest BCUT2D eigenvalue weighted by Crippen LogP contribution is -2.51. The van der Waals surface area contributed by atoms with Crippen molar-refractivity contribution in [3.63, 3.8) is 0 Å². The molecule has 15 nitrogen and oxygen atoms in total. The minimum Gasteiger partial charge on any atom is -0.495 e. The number of hydrogen-bond acceptors (Lipinski definition) is 12. The van der Waals surface area contributed by atoms with E-state index < -0.39 is 65.8 Å². The standard InChI is InChI=1S/C45H63ClN4O11S/c1-28-12-11-15-34(57-6)32-23-31(59-44(56)47-32)24-38-45(2,61-38)37(25-40(53)50(5)33-21-30(20-28)22-35(58-7)42(33)46)60-41(54)27-48(3)39(52)17-19-62-36(16-18-51)43(55)49(4)26-29-13-9-8-10-14-29/h11-12,15,18,21-22,29,31-32,34,36-38H,8-10,13-14,16-17,19-20,23-27H2,1-7H3,(H,47,56)/b15-11+,28-12+/t31?,32?,34-,36?,37+,38?,45+/m1/s1. The van der Waals surface area contributed by atoms with Gasteiger partial charge in [0.15, 0.2) is 0 Å². The number of nitrogens with one attached hydrogen (secondary N) is 1. The van der Waals surface area contributed by atoms with Gasteiger partial charge in [-0.1, -0.05) is 54.7 Å². The number of methoxy groups -OCH3 is 2. The molecule has 0 radical (unpaired) electrons. The number of amides is 4. The van der Waals surface area contributed by atoms with E-state index in [9.17, 15) is 28.8 Å². The summed E-state index contributed by atoms with van der Waals surface area (Å²) >= 11 is 8.04. The second kappa shape index (κ2) is 22.5. The van der Waals surface area contributed by atoms with Crippen LogP contribution in [0.4, 0.5) is 10.5 Å². The number of carbonyl (C=O) groups excluding carboxylic acids is 6. The van der Waals surface area contributed by atoms with E-state index in [2.05, 4.69) is 5.32 Å². The molecule has 1 aromatic carbocycles. The lowest BCUT2D eigenvalue weighted by Gasteiger charge is -2.33. The Morgan fingerprint density at radius 1 is 1.11 bits per heavy atom. The number of carbonyl (C=O) groups is 6. The number of alkyl carbamates (subject to hydrolysis) is 1. The van der Waals surface area contributed by atoms with Crippen LogP contribution < -0.4 is 15.0 Å². The number of allylic oxidation sites excluding steroid dienone is 3. The van der Waals surface area contributed by atoms with Crippen molar-refractivity contribution < 1.29 is 52.5 Å². The molecule has 0 aromatic heterocycles. The minimum atomic E-state index is -1.14. The van der Waals surface area contributed by atoms with Crippen LogP contribution in [0, 0.1) is 5.92 Å². The zero-order chi connectivity index (χ0) is 45.1. The van der Waals surface area contributed by atoms with Crippen LogP contribution in [0.3, 0.4) is 0 Å². The molecular formula is C45H63ClN4O11S. The second-order valence-corrected chi connectivity index (χ2v) is 18.8. The van der Waals surface area contributed by atoms with Crippen molar-refractivity contribution in [3.05, 3.63) is 46.5 Å². The Bertz CT molecular complexity index is 1860. The summed E-state index contributed by atoms with van der Waals surface area (Å²) in [5.74, 6) is -0.553. The highest BCUT2D eigenvalue weighted by atomic mass is 35.5. The highest BCUT2D eigenvalue weighted by Crippen LogP contribution is 2.46. The normalized spacial score (nSPS) is 27.6. The summed E-state index contributed by atoms with van der Waals surface area (Å²) < 4.78 is 29.3. The monoisotopic (exact) mass is 902 g/mol. The molecule has 342 valence electrons. The lowest BCUT2D eigenvalue weighted by molar-refractivity contribution is -0.157. The summed E-state index contributed by atoms with van der Waals surface area (Å²) in [4.78, 5) is 82.9. The van der Waals surface area contributed by atoms with Crippen molar-refractivity contribution in [2.24, 2.45) is 5.92 Å². The number of likely N-dealkylation sites (N-methyl/N-ethyl adjacent to an activating group) is 1. The van der Waals surface area contributed by atoms with Crippen LogP contribution in [0.25, 0.3) is 0 Å². The van der Waals surface area contributed by atoms with Crippen LogP contribution in [0.5, 0.6) is 5.75 Å². The third kappa shape index (κ3) is 13.0. The third-order valence-corrected chi connectivity index (χ3v) is 14.0. The smallest absolute Gasteiger partial charge is 0.407 e. The van der Waals surface area contributed by atoms with Gasteiger partial charge in [-0.15, -0.1) is 11.8 Å². The van der Waals surface area contributed by atoms with E-state index in [1.807, 2.05) is 37.3 Å². The van der Waals surface area contributed by atoms with Crippen molar-refractivity contribution >= 4 is 65.1 Å². The summed E-state index contributed by atoms with van der Waals surface area (Å²) in [5, 5.41) is 2.49. The first kappa shape index (κ1) is 48.9. The van der Waals surface area contributed by atoms with E-state index in [0.29, 0.717) is 36.7 Å². The SMILES string of the molecule is COc1cc2cc(c1Cl)N(C)C(=O)C[C@H](OC(=O)CN(C)C(=O)CCSC(CC=O)C(=O)N(C)CC1CCCCC1)[C@]1(C)OC1CC1CC(NC(=O)O1)[C@H](OC)/C=C/C=C(\C)C2.